The third kappa shape index (κ3) is 7.62. The van der Waals surface area contributed by atoms with E-state index in [4.69, 9.17) is 9.90 Å². The lowest BCUT2D eigenvalue weighted by atomic mass is 9.99. The van der Waals surface area contributed by atoms with E-state index in [2.05, 4.69) is 15.6 Å². The van der Waals surface area contributed by atoms with Crippen molar-refractivity contribution in [1.82, 2.24) is 20.2 Å². The first-order valence-electron chi connectivity index (χ1n) is 14.4. The number of nitrogens with zero attached hydrogens (tertiary/aromatic N) is 3. The van der Waals surface area contributed by atoms with E-state index >= 15 is 0 Å². The van der Waals surface area contributed by atoms with Gasteiger partial charge in [0.1, 0.15) is 0 Å². The molecule has 11 nitrogen and oxygen atoms in total. The Morgan fingerprint density at radius 3 is 2.55 bits per heavy atom. The lowest BCUT2D eigenvalue weighted by molar-refractivity contribution is -0.122. The van der Waals surface area contributed by atoms with E-state index in [9.17, 15) is 18.3 Å². The van der Waals surface area contributed by atoms with E-state index in [1.807, 2.05) is 79.2 Å². The number of nitrogens with one attached hydrogen (secondary N) is 2. The Labute approximate surface area is 257 Å². The number of carbonyl (C=O) groups is 2. The molecule has 0 saturated heterocycles. The number of anilines is 1. The van der Waals surface area contributed by atoms with Crippen LogP contribution in [0.3, 0.4) is 0 Å². The highest BCUT2D eigenvalue weighted by Gasteiger charge is 2.29. The third-order valence-corrected chi connectivity index (χ3v) is 9.44. The molecule has 0 spiro atoms. The van der Waals surface area contributed by atoms with Crippen molar-refractivity contribution in [3.63, 3.8) is 0 Å². The van der Waals surface area contributed by atoms with Crippen LogP contribution >= 0.6 is 0 Å². The summed E-state index contributed by atoms with van der Waals surface area (Å²) < 4.78 is 29.1. The van der Waals surface area contributed by atoms with Gasteiger partial charge in [-0.2, -0.15) is 0 Å². The molecule has 5 rings (SSSR count). The van der Waals surface area contributed by atoms with Gasteiger partial charge in [-0.05, 0) is 55.2 Å². The van der Waals surface area contributed by atoms with E-state index in [1.54, 1.807) is 6.07 Å². The van der Waals surface area contributed by atoms with Crippen LogP contribution in [0.5, 0.6) is 0 Å². The standard InChI is InChI=1S/C31H37N5O4S.CH2O2/c1-4-23-20-36-13-14-41(39,40)35(3)28-17-24(16-26(23)30(28)36)31(38)34-27(15-22-10-6-5-7-11-22)29(37)19-32-18-25-12-8-9-21(2)33-25;2-1-3/h5-12,16-17,20,27,29,32,37H,4,13-15,18-19H2,1-3H3,(H,34,38);1H,(H,2,3)/t27-,29+;/m0./s1. The molecule has 4 aromatic rings. The summed E-state index contributed by atoms with van der Waals surface area (Å²) >= 11 is 0. The first-order chi connectivity index (χ1) is 21.1. The highest BCUT2D eigenvalue weighted by Crippen LogP contribution is 2.35. The van der Waals surface area contributed by atoms with Gasteiger partial charge in [-0.25, -0.2) is 8.42 Å². The minimum absolute atomic E-state index is 0.0109. The Bertz CT molecular complexity index is 1710. The zero-order chi connectivity index (χ0) is 31.9. The number of pyridine rings is 1. The Morgan fingerprint density at radius 2 is 1.86 bits per heavy atom. The van der Waals surface area contributed by atoms with Crippen LogP contribution < -0.4 is 14.9 Å². The van der Waals surface area contributed by atoms with Gasteiger partial charge in [0.2, 0.25) is 10.0 Å². The van der Waals surface area contributed by atoms with E-state index in [1.165, 1.54) is 11.4 Å². The van der Waals surface area contributed by atoms with Gasteiger partial charge in [-0.1, -0.05) is 43.3 Å². The predicted octanol–water partition coefficient (Wildman–Crippen LogP) is 2.88. The number of amides is 1. The molecule has 0 aliphatic carbocycles. The molecule has 4 N–H and O–H groups in total. The van der Waals surface area contributed by atoms with E-state index in [0.717, 1.165) is 39.8 Å². The van der Waals surface area contributed by atoms with Crippen LogP contribution in [-0.4, -0.2) is 72.1 Å². The number of carbonyl (C=O) groups excluding carboxylic acids is 1. The fourth-order valence-corrected chi connectivity index (χ4v) is 6.55. The molecule has 234 valence electrons. The van der Waals surface area contributed by atoms with Crippen molar-refractivity contribution in [3.05, 3.63) is 94.9 Å². The lowest BCUT2D eigenvalue weighted by Crippen LogP contribution is -2.48. The Kier molecular flexibility index (Phi) is 10.7. The Balaban J connectivity index is 0.00000141. The molecule has 3 heterocycles. The molecule has 0 radical (unpaired) electrons. The number of aromatic nitrogens is 2. The fraction of sp³-hybridized carbons (Fsp3) is 0.344. The molecule has 0 unspecified atom stereocenters. The van der Waals surface area contributed by atoms with Gasteiger partial charge in [0.25, 0.3) is 12.4 Å². The van der Waals surface area contributed by atoms with Gasteiger partial charge in [0.15, 0.2) is 0 Å². The topological polar surface area (TPSA) is 154 Å². The summed E-state index contributed by atoms with van der Waals surface area (Å²) in [6.07, 6.45) is 2.28. The zero-order valence-electron chi connectivity index (χ0n) is 25.1. The van der Waals surface area contributed by atoms with Crippen molar-refractivity contribution in [2.45, 2.75) is 51.9 Å². The molecule has 44 heavy (non-hydrogen) atoms. The smallest absolute Gasteiger partial charge is 0.290 e. The molecule has 2 aromatic carbocycles. The summed E-state index contributed by atoms with van der Waals surface area (Å²) in [4.78, 5) is 26.6. The summed E-state index contributed by atoms with van der Waals surface area (Å²) in [5, 5.41) is 25.3. The average Bonchev–Trinajstić information content (AvgIpc) is 3.33. The second kappa shape index (κ2) is 14.5. The number of benzene rings is 2. The minimum atomic E-state index is -3.53. The summed E-state index contributed by atoms with van der Waals surface area (Å²) in [6, 6.07) is 18.4. The van der Waals surface area contributed by atoms with Gasteiger partial charge < -0.3 is 25.4 Å². The second-order valence-corrected chi connectivity index (χ2v) is 12.8. The molecule has 2 aromatic heterocycles. The van der Waals surface area contributed by atoms with Crippen LogP contribution in [0.1, 0.15) is 39.8 Å². The van der Waals surface area contributed by atoms with E-state index in [-0.39, 0.29) is 24.7 Å². The zero-order valence-corrected chi connectivity index (χ0v) is 25.9. The molecule has 0 bridgehead atoms. The fourth-order valence-electron chi connectivity index (χ4n) is 5.41. The number of carboxylic acid groups (broad SMARTS) is 1. The number of aliphatic hydroxyl groups excluding tert-OH is 1. The van der Waals surface area contributed by atoms with Gasteiger partial charge in [-0.3, -0.25) is 18.9 Å². The number of rotatable bonds is 10. The molecule has 1 aliphatic rings. The Morgan fingerprint density at radius 1 is 1.14 bits per heavy atom. The average molecular weight is 622 g/mol. The largest absolute Gasteiger partial charge is 0.483 e. The molecule has 0 fully saturated rings. The molecular weight excluding hydrogens is 582 g/mol. The molecule has 1 aliphatic heterocycles. The summed E-state index contributed by atoms with van der Waals surface area (Å²) in [5.74, 6) is -0.378. The van der Waals surface area contributed by atoms with Crippen LogP contribution in [0.15, 0.2) is 66.9 Å². The SMILES string of the molecule is CCc1cn2c3c(cc(C(=O)N[C@@H](Cc4ccccc4)[C@H](O)CNCc4cccc(C)n4)cc13)N(C)S(=O)(=O)CC2.O=CO. The summed E-state index contributed by atoms with van der Waals surface area (Å²) in [6.45, 7) is 4.83. The maximum atomic E-state index is 13.7. The molecular formula is C32H39N5O6S. The lowest BCUT2D eigenvalue weighted by Gasteiger charge is -2.25. The van der Waals surface area contributed by atoms with Crippen molar-refractivity contribution in [2.24, 2.45) is 0 Å². The highest BCUT2D eigenvalue weighted by molar-refractivity contribution is 7.92. The number of hydrogen-bond acceptors (Lipinski definition) is 7. The van der Waals surface area contributed by atoms with Crippen molar-refractivity contribution in [3.8, 4) is 0 Å². The number of hydrogen-bond donors (Lipinski definition) is 4. The van der Waals surface area contributed by atoms with Crippen molar-refractivity contribution in [2.75, 3.05) is 23.7 Å². The number of sulfonamides is 1. The maximum Gasteiger partial charge on any atom is 0.290 e. The summed E-state index contributed by atoms with van der Waals surface area (Å²) in [7, 11) is -1.99. The van der Waals surface area contributed by atoms with Gasteiger partial charge in [0, 0.05) is 49.5 Å². The molecule has 12 heteroatoms. The molecule has 1 amide bonds. The molecule has 2 atom stereocenters. The highest BCUT2D eigenvalue weighted by atomic mass is 32.2. The normalized spacial score (nSPS) is 15.0. The summed E-state index contributed by atoms with van der Waals surface area (Å²) in [5.41, 5.74) is 5.48. The quantitative estimate of drug-likeness (QED) is 0.197. The van der Waals surface area contributed by atoms with Crippen LogP contribution in [0, 0.1) is 6.92 Å². The monoisotopic (exact) mass is 621 g/mol. The minimum Gasteiger partial charge on any atom is -0.483 e. The van der Waals surface area contributed by atoms with Crippen LogP contribution in [0.2, 0.25) is 0 Å². The third-order valence-electron chi connectivity index (χ3n) is 7.71. The van der Waals surface area contributed by atoms with Gasteiger partial charge >= 0.3 is 0 Å². The molecule has 0 saturated carbocycles. The van der Waals surface area contributed by atoms with Gasteiger partial charge in [-0.15, -0.1) is 0 Å². The first-order valence-corrected chi connectivity index (χ1v) is 16.0. The van der Waals surface area contributed by atoms with Gasteiger partial charge in [0.05, 0.1) is 34.8 Å². The number of aryl methyl sites for hydroxylation is 3. The van der Waals surface area contributed by atoms with Crippen molar-refractivity contribution >= 4 is 39.0 Å². The Hall–Kier alpha value is -4.26. The number of aliphatic hydroxyl groups is 1. The maximum absolute atomic E-state index is 13.7. The second-order valence-electron chi connectivity index (χ2n) is 10.7. The van der Waals surface area contributed by atoms with E-state index in [0.29, 0.717) is 30.8 Å². The first kappa shape index (κ1) is 32.6. The van der Waals surface area contributed by atoms with Crippen LogP contribution in [0.25, 0.3) is 10.9 Å². The van der Waals surface area contributed by atoms with E-state index < -0.39 is 22.2 Å². The van der Waals surface area contributed by atoms with Crippen molar-refractivity contribution in [1.29, 1.82) is 0 Å². The van der Waals surface area contributed by atoms with Crippen LogP contribution in [0.4, 0.5) is 5.69 Å². The van der Waals surface area contributed by atoms with Crippen molar-refractivity contribution < 1.29 is 28.2 Å². The van der Waals surface area contributed by atoms with Crippen LogP contribution in [-0.2, 0) is 40.7 Å². The predicted molar refractivity (Wildman–Crippen MR) is 170 cm³/mol.